The monoisotopic (exact) mass is 191 g/mol. The minimum Gasteiger partial charge on any atom is -0.373 e. The summed E-state index contributed by atoms with van der Waals surface area (Å²) in [6.07, 6.45) is 3.15. The molecule has 0 bridgehead atoms. The molecule has 14 heavy (non-hydrogen) atoms. The second-order valence-corrected chi connectivity index (χ2v) is 2.65. The van der Waals surface area contributed by atoms with E-state index >= 15 is 0 Å². The number of aromatic amines is 1. The van der Waals surface area contributed by atoms with Crippen LogP contribution in [0.3, 0.4) is 0 Å². The first-order valence-corrected chi connectivity index (χ1v) is 4.09. The van der Waals surface area contributed by atoms with Gasteiger partial charge in [-0.05, 0) is 6.07 Å². The summed E-state index contributed by atoms with van der Waals surface area (Å²) in [7, 11) is 1.72. The van der Waals surface area contributed by atoms with Gasteiger partial charge in [-0.1, -0.05) is 0 Å². The minimum atomic E-state index is -0.162. The third-order valence-electron chi connectivity index (χ3n) is 1.78. The van der Waals surface area contributed by atoms with Crippen LogP contribution in [-0.2, 0) is 0 Å². The Morgan fingerprint density at radius 2 is 2.07 bits per heavy atom. The predicted molar refractivity (Wildman–Crippen MR) is 51.5 cm³/mol. The van der Waals surface area contributed by atoms with Crippen molar-refractivity contribution in [2.45, 2.75) is 0 Å². The molecule has 0 unspecified atom stereocenters. The number of hydrogen-bond donors (Lipinski definition) is 2. The molecule has 0 spiro atoms. The van der Waals surface area contributed by atoms with E-state index in [2.05, 4.69) is 20.5 Å². The number of aromatic nitrogens is 4. The van der Waals surface area contributed by atoms with Gasteiger partial charge in [-0.3, -0.25) is 4.79 Å². The first kappa shape index (κ1) is 8.49. The van der Waals surface area contributed by atoms with Crippen molar-refractivity contribution in [3.05, 3.63) is 34.9 Å². The Kier molecular flexibility index (Phi) is 2.02. The van der Waals surface area contributed by atoms with Crippen LogP contribution in [0.15, 0.2) is 29.3 Å². The van der Waals surface area contributed by atoms with Crippen molar-refractivity contribution in [1.82, 2.24) is 20.0 Å². The second-order valence-electron chi connectivity index (χ2n) is 2.65. The quantitative estimate of drug-likeness (QED) is 0.700. The molecule has 6 nitrogen and oxygen atoms in total. The zero-order valence-corrected chi connectivity index (χ0v) is 7.56. The summed E-state index contributed by atoms with van der Waals surface area (Å²) >= 11 is 0. The fraction of sp³-hybridized carbons (Fsp3) is 0.125. The van der Waals surface area contributed by atoms with Gasteiger partial charge in [0.05, 0.1) is 12.4 Å². The van der Waals surface area contributed by atoms with Gasteiger partial charge in [0.1, 0.15) is 11.5 Å². The number of hydrogen-bond acceptors (Lipinski definition) is 4. The Morgan fingerprint density at radius 1 is 1.36 bits per heavy atom. The highest BCUT2D eigenvalue weighted by atomic mass is 16.1. The third kappa shape index (κ3) is 1.37. The summed E-state index contributed by atoms with van der Waals surface area (Å²) in [5, 5.41) is 10.8. The van der Waals surface area contributed by atoms with Gasteiger partial charge in [-0.2, -0.15) is 10.2 Å². The molecule has 2 heterocycles. The van der Waals surface area contributed by atoms with Crippen LogP contribution in [0.1, 0.15) is 0 Å². The molecule has 0 aliphatic carbocycles. The fourth-order valence-electron chi connectivity index (χ4n) is 1.16. The van der Waals surface area contributed by atoms with Crippen LogP contribution in [0.2, 0.25) is 0 Å². The summed E-state index contributed by atoms with van der Waals surface area (Å²) in [5.74, 6) is 0.591. The topological polar surface area (TPSA) is 75.6 Å². The summed E-state index contributed by atoms with van der Waals surface area (Å²) in [6, 6.07) is 3.09. The zero-order valence-electron chi connectivity index (χ0n) is 7.56. The molecular formula is C8H9N5O. The average molecular weight is 191 g/mol. The Balaban J connectivity index is 2.58. The summed E-state index contributed by atoms with van der Waals surface area (Å²) < 4.78 is 0. The molecule has 0 aromatic carbocycles. The van der Waals surface area contributed by atoms with E-state index in [9.17, 15) is 4.79 Å². The molecule has 0 amide bonds. The molecule has 0 aliphatic heterocycles. The van der Waals surface area contributed by atoms with Gasteiger partial charge >= 0.3 is 0 Å². The SMILES string of the molecule is CNc1[nH]c(=O)ccc1-n1nccn1. The highest BCUT2D eigenvalue weighted by molar-refractivity contribution is 5.53. The number of H-pyrrole nitrogens is 1. The number of rotatable bonds is 2. The minimum absolute atomic E-state index is 0.162. The van der Waals surface area contributed by atoms with E-state index in [4.69, 9.17) is 0 Å². The van der Waals surface area contributed by atoms with Crippen LogP contribution in [0, 0.1) is 0 Å². The molecule has 0 atom stereocenters. The molecule has 0 fully saturated rings. The molecule has 0 radical (unpaired) electrons. The number of nitrogens with one attached hydrogen (secondary N) is 2. The molecule has 0 saturated heterocycles. The van der Waals surface area contributed by atoms with Crippen LogP contribution in [0.4, 0.5) is 5.82 Å². The van der Waals surface area contributed by atoms with E-state index in [1.165, 1.54) is 10.9 Å². The average Bonchev–Trinajstić information content (AvgIpc) is 2.70. The lowest BCUT2D eigenvalue weighted by molar-refractivity contribution is 0.749. The van der Waals surface area contributed by atoms with Gasteiger partial charge in [-0.15, -0.1) is 4.80 Å². The van der Waals surface area contributed by atoms with Crippen molar-refractivity contribution in [2.24, 2.45) is 0 Å². The molecule has 6 heteroatoms. The van der Waals surface area contributed by atoms with Crippen LogP contribution in [0.5, 0.6) is 0 Å². The Hall–Kier alpha value is -2.11. The van der Waals surface area contributed by atoms with E-state index in [0.717, 1.165) is 0 Å². The fourth-order valence-corrected chi connectivity index (χ4v) is 1.16. The number of pyridine rings is 1. The first-order chi connectivity index (χ1) is 6.81. The molecular weight excluding hydrogens is 182 g/mol. The van der Waals surface area contributed by atoms with Gasteiger partial charge in [0.15, 0.2) is 0 Å². The molecule has 2 aromatic heterocycles. The maximum atomic E-state index is 11.0. The van der Waals surface area contributed by atoms with E-state index in [0.29, 0.717) is 11.5 Å². The highest BCUT2D eigenvalue weighted by Crippen LogP contribution is 2.11. The molecule has 2 aromatic rings. The third-order valence-corrected chi connectivity index (χ3v) is 1.78. The second kappa shape index (κ2) is 3.33. The molecule has 0 saturated carbocycles. The van der Waals surface area contributed by atoms with Gasteiger partial charge < -0.3 is 10.3 Å². The smallest absolute Gasteiger partial charge is 0.249 e. The van der Waals surface area contributed by atoms with Crippen molar-refractivity contribution in [3.8, 4) is 5.69 Å². The highest BCUT2D eigenvalue weighted by Gasteiger charge is 2.04. The van der Waals surface area contributed by atoms with Crippen LogP contribution in [0.25, 0.3) is 5.69 Å². The van der Waals surface area contributed by atoms with Gasteiger partial charge in [0, 0.05) is 13.1 Å². The molecule has 2 N–H and O–H groups in total. The van der Waals surface area contributed by atoms with Crippen LogP contribution >= 0.6 is 0 Å². The van der Waals surface area contributed by atoms with Crippen molar-refractivity contribution in [1.29, 1.82) is 0 Å². The van der Waals surface area contributed by atoms with E-state index in [1.807, 2.05) is 0 Å². The normalized spacial score (nSPS) is 10.1. The lowest BCUT2D eigenvalue weighted by Crippen LogP contribution is -2.12. The summed E-state index contributed by atoms with van der Waals surface area (Å²) in [6.45, 7) is 0. The number of nitrogens with zero attached hydrogens (tertiary/aromatic N) is 3. The zero-order chi connectivity index (χ0) is 9.97. The number of anilines is 1. The Labute approximate surface area is 79.6 Å². The first-order valence-electron chi connectivity index (χ1n) is 4.09. The van der Waals surface area contributed by atoms with E-state index in [1.54, 1.807) is 25.5 Å². The lowest BCUT2D eigenvalue weighted by atomic mass is 10.4. The van der Waals surface area contributed by atoms with Crippen LogP contribution < -0.4 is 10.9 Å². The Bertz CT molecular complexity index is 473. The van der Waals surface area contributed by atoms with Crippen molar-refractivity contribution < 1.29 is 0 Å². The Morgan fingerprint density at radius 3 is 2.71 bits per heavy atom. The van der Waals surface area contributed by atoms with Crippen LogP contribution in [-0.4, -0.2) is 27.0 Å². The summed E-state index contributed by atoms with van der Waals surface area (Å²) in [5.41, 5.74) is 0.544. The molecule has 2 rings (SSSR count). The van der Waals surface area contributed by atoms with E-state index in [-0.39, 0.29) is 5.56 Å². The van der Waals surface area contributed by atoms with E-state index < -0.39 is 0 Å². The van der Waals surface area contributed by atoms with Gasteiger partial charge in [-0.25, -0.2) is 0 Å². The standard InChI is InChI=1S/C8H9N5O/c1-9-8-6(2-3-7(14)12-8)13-10-4-5-11-13/h2-5H,1H3,(H2,9,12,14). The molecule has 72 valence electrons. The van der Waals surface area contributed by atoms with Gasteiger partial charge in [0.25, 0.3) is 0 Å². The lowest BCUT2D eigenvalue weighted by Gasteiger charge is -2.05. The van der Waals surface area contributed by atoms with Gasteiger partial charge in [0.2, 0.25) is 5.56 Å². The predicted octanol–water partition coefficient (Wildman–Crippen LogP) is -0.00270. The van der Waals surface area contributed by atoms with Crippen molar-refractivity contribution in [3.63, 3.8) is 0 Å². The molecule has 0 aliphatic rings. The largest absolute Gasteiger partial charge is 0.373 e. The van der Waals surface area contributed by atoms with Crippen molar-refractivity contribution in [2.75, 3.05) is 12.4 Å². The summed E-state index contributed by atoms with van der Waals surface area (Å²) in [4.78, 5) is 15.1. The van der Waals surface area contributed by atoms with Crippen molar-refractivity contribution >= 4 is 5.82 Å². The maximum absolute atomic E-state index is 11.0. The maximum Gasteiger partial charge on any atom is 0.249 e.